The fourth-order valence-corrected chi connectivity index (χ4v) is 4.73. The molecular formula is C13H21ClN4O3S2. The highest BCUT2D eigenvalue weighted by Crippen LogP contribution is 2.25. The standard InChI is InChI=1S/C13H21ClN4O3S2/c1-7(2)4-10(16)13(20)18-23(21,17-12(19)8(3)15)11-5-9(14)6-22-11/h5-8,10H,4,15-16H2,1-3H3,(H,17,18,19,20,21)/t8-,10+,23?/m1/s1. The Balaban J connectivity index is 3.24. The molecule has 10 heteroatoms. The van der Waals surface area contributed by atoms with E-state index in [1.165, 1.54) is 18.4 Å². The zero-order valence-electron chi connectivity index (χ0n) is 13.1. The fraction of sp³-hybridized carbons (Fsp3) is 0.538. The number of halogens is 1. The Bertz CT molecular complexity index is 693. The zero-order valence-corrected chi connectivity index (χ0v) is 15.5. The molecule has 0 saturated carbocycles. The third kappa shape index (κ3) is 5.85. The molecule has 130 valence electrons. The number of rotatable bonds is 6. The van der Waals surface area contributed by atoms with E-state index in [4.69, 9.17) is 23.1 Å². The molecule has 0 spiro atoms. The number of nitrogens with one attached hydrogen (secondary N) is 1. The van der Waals surface area contributed by atoms with Crippen LogP contribution in [0.2, 0.25) is 5.02 Å². The van der Waals surface area contributed by atoms with Gasteiger partial charge in [0.1, 0.15) is 4.21 Å². The third-order valence-electron chi connectivity index (χ3n) is 2.73. The zero-order chi connectivity index (χ0) is 17.8. The van der Waals surface area contributed by atoms with Crippen LogP contribution < -0.4 is 16.2 Å². The average Bonchev–Trinajstić information content (AvgIpc) is 2.84. The largest absolute Gasteiger partial charge is 0.320 e. The van der Waals surface area contributed by atoms with Crippen molar-refractivity contribution in [2.75, 3.05) is 0 Å². The maximum absolute atomic E-state index is 13.0. The van der Waals surface area contributed by atoms with Gasteiger partial charge in [-0.2, -0.15) is 0 Å². The second kappa shape index (κ2) is 8.20. The van der Waals surface area contributed by atoms with Gasteiger partial charge in [0.25, 0.3) is 5.91 Å². The van der Waals surface area contributed by atoms with Gasteiger partial charge in [-0.3, -0.25) is 14.3 Å². The van der Waals surface area contributed by atoms with Gasteiger partial charge in [0, 0.05) is 5.38 Å². The van der Waals surface area contributed by atoms with E-state index in [9.17, 15) is 13.8 Å². The number of nitrogens with two attached hydrogens (primary N) is 2. The lowest BCUT2D eigenvalue weighted by molar-refractivity contribution is -0.120. The SMILES string of the molecule is CC(C)C[C@H](N)C(=O)N=S(=O)(NC(=O)[C@@H](C)N)c1cc(Cl)cs1. The molecule has 0 bridgehead atoms. The summed E-state index contributed by atoms with van der Waals surface area (Å²) in [5.41, 5.74) is 11.2. The highest BCUT2D eigenvalue weighted by molar-refractivity contribution is 7.94. The van der Waals surface area contributed by atoms with E-state index in [1.54, 1.807) is 0 Å². The Morgan fingerprint density at radius 1 is 1.39 bits per heavy atom. The lowest BCUT2D eigenvalue weighted by Crippen LogP contribution is -2.42. The molecule has 23 heavy (non-hydrogen) atoms. The molecule has 0 aliphatic carbocycles. The molecule has 5 N–H and O–H groups in total. The van der Waals surface area contributed by atoms with Crippen LogP contribution >= 0.6 is 22.9 Å². The average molecular weight is 381 g/mol. The quantitative estimate of drug-likeness (QED) is 0.689. The first kappa shape index (κ1) is 20.0. The van der Waals surface area contributed by atoms with E-state index in [1.807, 2.05) is 13.8 Å². The van der Waals surface area contributed by atoms with Crippen LogP contribution in [0.25, 0.3) is 0 Å². The maximum atomic E-state index is 13.0. The first-order valence-electron chi connectivity index (χ1n) is 6.93. The summed E-state index contributed by atoms with van der Waals surface area (Å²) in [7, 11) is -3.52. The lowest BCUT2D eigenvalue weighted by atomic mass is 10.0. The second-order valence-corrected chi connectivity index (χ2v) is 9.01. The molecule has 0 fully saturated rings. The molecule has 0 aliphatic heterocycles. The lowest BCUT2D eigenvalue weighted by Gasteiger charge is -2.14. The highest BCUT2D eigenvalue weighted by atomic mass is 35.5. The van der Waals surface area contributed by atoms with Crippen LogP contribution in [0, 0.1) is 5.92 Å². The van der Waals surface area contributed by atoms with Crippen LogP contribution in [0.5, 0.6) is 0 Å². The van der Waals surface area contributed by atoms with Crippen molar-refractivity contribution >= 4 is 44.7 Å². The molecule has 0 aromatic carbocycles. The summed E-state index contributed by atoms with van der Waals surface area (Å²) in [5, 5.41) is 1.87. The van der Waals surface area contributed by atoms with Crippen molar-refractivity contribution in [1.29, 1.82) is 0 Å². The van der Waals surface area contributed by atoms with Crippen LogP contribution in [0.3, 0.4) is 0 Å². The van der Waals surface area contributed by atoms with Crippen molar-refractivity contribution in [3.8, 4) is 0 Å². The van der Waals surface area contributed by atoms with E-state index in [2.05, 4.69) is 9.08 Å². The van der Waals surface area contributed by atoms with Crippen molar-refractivity contribution < 1.29 is 13.8 Å². The minimum atomic E-state index is -3.52. The molecule has 1 unspecified atom stereocenters. The number of hydrogen-bond acceptors (Lipinski definition) is 6. The molecule has 3 atom stereocenters. The number of amides is 2. The number of carbonyl (C=O) groups is 2. The monoisotopic (exact) mass is 380 g/mol. The molecule has 0 radical (unpaired) electrons. The van der Waals surface area contributed by atoms with Gasteiger partial charge in [0.05, 0.1) is 17.1 Å². The van der Waals surface area contributed by atoms with Crippen LogP contribution in [-0.2, 0) is 19.5 Å². The molecule has 1 heterocycles. The summed E-state index contributed by atoms with van der Waals surface area (Å²) in [4.78, 5) is 24.0. The van der Waals surface area contributed by atoms with Crippen LogP contribution in [0.15, 0.2) is 20.0 Å². The molecule has 1 aromatic heterocycles. The summed E-state index contributed by atoms with van der Waals surface area (Å²) in [6.07, 6.45) is 0.393. The second-order valence-electron chi connectivity index (χ2n) is 5.53. The van der Waals surface area contributed by atoms with E-state index in [0.717, 1.165) is 11.3 Å². The summed E-state index contributed by atoms with van der Waals surface area (Å²) in [5.74, 6) is -1.25. The summed E-state index contributed by atoms with van der Waals surface area (Å²) < 4.78 is 19.1. The van der Waals surface area contributed by atoms with Gasteiger partial charge in [-0.15, -0.1) is 15.7 Å². The van der Waals surface area contributed by atoms with E-state index < -0.39 is 33.8 Å². The number of thiophene rings is 1. The Labute approximate surface area is 145 Å². The predicted octanol–water partition coefficient (Wildman–Crippen LogP) is 1.51. The summed E-state index contributed by atoms with van der Waals surface area (Å²) >= 11 is 6.86. The number of hydrogen-bond donors (Lipinski definition) is 3. The minimum absolute atomic E-state index is 0.168. The van der Waals surface area contributed by atoms with Crippen molar-refractivity contribution in [3.05, 3.63) is 16.5 Å². The Morgan fingerprint density at radius 3 is 2.43 bits per heavy atom. The van der Waals surface area contributed by atoms with Crippen LogP contribution in [0.4, 0.5) is 0 Å². The minimum Gasteiger partial charge on any atom is -0.320 e. The van der Waals surface area contributed by atoms with Gasteiger partial charge in [-0.25, -0.2) is 4.21 Å². The Hall–Kier alpha value is -1.000. The van der Waals surface area contributed by atoms with Crippen molar-refractivity contribution in [2.45, 2.75) is 43.5 Å². The summed E-state index contributed by atoms with van der Waals surface area (Å²) in [6.45, 7) is 5.24. The van der Waals surface area contributed by atoms with Gasteiger partial charge in [-0.1, -0.05) is 25.4 Å². The molecule has 0 aliphatic rings. The molecule has 1 rings (SSSR count). The van der Waals surface area contributed by atoms with Crippen LogP contribution in [-0.4, -0.2) is 28.1 Å². The normalized spacial score (nSPS) is 16.5. The van der Waals surface area contributed by atoms with Gasteiger partial charge < -0.3 is 11.5 Å². The fourth-order valence-electron chi connectivity index (χ4n) is 1.59. The van der Waals surface area contributed by atoms with Crippen molar-refractivity contribution in [2.24, 2.45) is 21.7 Å². The van der Waals surface area contributed by atoms with Gasteiger partial charge in [0.2, 0.25) is 5.91 Å². The predicted molar refractivity (Wildman–Crippen MR) is 92.4 cm³/mol. The van der Waals surface area contributed by atoms with E-state index >= 15 is 0 Å². The summed E-state index contributed by atoms with van der Waals surface area (Å²) in [6, 6.07) is -0.403. The topological polar surface area (TPSA) is 128 Å². The molecule has 1 aromatic rings. The maximum Gasteiger partial charge on any atom is 0.272 e. The van der Waals surface area contributed by atoms with Gasteiger partial charge in [0.15, 0.2) is 9.92 Å². The van der Waals surface area contributed by atoms with E-state index in [-0.39, 0.29) is 10.1 Å². The van der Waals surface area contributed by atoms with Crippen LogP contribution in [0.1, 0.15) is 27.2 Å². The molecule has 0 saturated heterocycles. The third-order valence-corrected chi connectivity index (χ3v) is 6.34. The first-order chi connectivity index (χ1) is 10.5. The Kier molecular flexibility index (Phi) is 7.15. The Morgan fingerprint density at radius 2 is 2.00 bits per heavy atom. The molecule has 2 amide bonds. The number of nitrogens with zero attached hydrogens (tertiary/aromatic N) is 1. The van der Waals surface area contributed by atoms with E-state index in [0.29, 0.717) is 11.4 Å². The number of carbonyl (C=O) groups excluding carboxylic acids is 2. The molecule has 7 nitrogen and oxygen atoms in total. The smallest absolute Gasteiger partial charge is 0.272 e. The molecular weight excluding hydrogens is 360 g/mol. The van der Waals surface area contributed by atoms with Crippen molar-refractivity contribution in [1.82, 2.24) is 4.72 Å². The van der Waals surface area contributed by atoms with Gasteiger partial charge in [-0.05, 0) is 25.3 Å². The van der Waals surface area contributed by atoms with Crippen molar-refractivity contribution in [3.63, 3.8) is 0 Å². The first-order valence-corrected chi connectivity index (χ1v) is 9.70. The highest BCUT2D eigenvalue weighted by Gasteiger charge is 2.24. The van der Waals surface area contributed by atoms with Gasteiger partial charge >= 0.3 is 0 Å².